The zero-order valence-electron chi connectivity index (χ0n) is 26.0. The fraction of sp³-hybridized carbons (Fsp3) is 0.278. The molecule has 44 heavy (non-hydrogen) atoms. The monoisotopic (exact) mass is 611 g/mol. The van der Waals surface area contributed by atoms with E-state index < -0.39 is 28.5 Å². The molecule has 0 heterocycles. The Morgan fingerprint density at radius 2 is 1.34 bits per heavy atom. The van der Waals surface area contributed by atoms with Crippen molar-refractivity contribution in [2.45, 2.75) is 64.6 Å². The molecule has 8 heteroatoms. The van der Waals surface area contributed by atoms with Crippen LogP contribution in [0.2, 0.25) is 0 Å². The van der Waals surface area contributed by atoms with Gasteiger partial charge in [-0.3, -0.25) is 13.9 Å². The maximum Gasteiger partial charge on any atom is 0.264 e. The summed E-state index contributed by atoms with van der Waals surface area (Å²) in [6.45, 7) is 9.14. The Kier molecular flexibility index (Phi) is 10.6. The van der Waals surface area contributed by atoms with E-state index >= 15 is 0 Å². The molecule has 0 radical (unpaired) electrons. The van der Waals surface area contributed by atoms with Crippen LogP contribution in [0.25, 0.3) is 0 Å². The minimum atomic E-state index is -4.14. The molecule has 4 aromatic carbocycles. The van der Waals surface area contributed by atoms with Gasteiger partial charge >= 0.3 is 0 Å². The highest BCUT2D eigenvalue weighted by Crippen LogP contribution is 2.27. The third-order valence-electron chi connectivity index (χ3n) is 7.56. The Bertz CT molecular complexity index is 1670. The number of rotatable bonds is 12. The number of hydrogen-bond acceptors (Lipinski definition) is 4. The van der Waals surface area contributed by atoms with E-state index in [1.165, 1.54) is 4.90 Å². The summed E-state index contributed by atoms with van der Waals surface area (Å²) in [7, 11) is -4.14. The van der Waals surface area contributed by atoms with Crippen molar-refractivity contribution >= 4 is 27.5 Å². The van der Waals surface area contributed by atoms with Gasteiger partial charge < -0.3 is 10.2 Å². The van der Waals surface area contributed by atoms with Gasteiger partial charge in [0.25, 0.3) is 10.0 Å². The van der Waals surface area contributed by atoms with Gasteiger partial charge in [0.2, 0.25) is 11.8 Å². The highest BCUT2D eigenvalue weighted by Gasteiger charge is 2.35. The zero-order chi connectivity index (χ0) is 31.9. The lowest BCUT2D eigenvalue weighted by Gasteiger charge is -2.34. The molecule has 7 nitrogen and oxygen atoms in total. The van der Waals surface area contributed by atoms with Gasteiger partial charge in [0.1, 0.15) is 12.6 Å². The first-order valence-corrected chi connectivity index (χ1v) is 16.2. The molecule has 0 saturated carbocycles. The standard InChI is InChI=1S/C36H41N3O4S/c1-26(2)37-36(41)34(23-30-12-8-6-9-13-30)38(24-31-14-10-7-11-15-31)35(40)25-39(32-19-18-28(4)29(5)22-32)44(42,43)33-20-16-27(3)17-21-33/h6-22,26,34H,23-25H2,1-5H3,(H,37,41)/t34-/m0/s1. The first-order valence-electron chi connectivity index (χ1n) is 14.8. The Balaban J connectivity index is 1.81. The minimum Gasteiger partial charge on any atom is -0.352 e. The van der Waals surface area contributed by atoms with Crippen molar-refractivity contribution in [2.24, 2.45) is 0 Å². The highest BCUT2D eigenvalue weighted by atomic mass is 32.2. The summed E-state index contributed by atoms with van der Waals surface area (Å²) in [6, 6.07) is 29.9. The van der Waals surface area contributed by atoms with E-state index in [1.54, 1.807) is 36.4 Å². The van der Waals surface area contributed by atoms with Crippen molar-refractivity contribution in [3.8, 4) is 0 Å². The van der Waals surface area contributed by atoms with Gasteiger partial charge in [0, 0.05) is 19.0 Å². The van der Waals surface area contributed by atoms with Crippen molar-refractivity contribution in [3.05, 3.63) is 131 Å². The van der Waals surface area contributed by atoms with Gasteiger partial charge in [-0.05, 0) is 81.1 Å². The summed E-state index contributed by atoms with van der Waals surface area (Å²) >= 11 is 0. The Morgan fingerprint density at radius 1 is 0.750 bits per heavy atom. The van der Waals surface area contributed by atoms with E-state index in [0.29, 0.717) is 5.69 Å². The average Bonchev–Trinajstić information content (AvgIpc) is 3.00. The molecule has 230 valence electrons. The van der Waals surface area contributed by atoms with Crippen LogP contribution in [0, 0.1) is 20.8 Å². The molecule has 1 atom stereocenters. The molecule has 1 N–H and O–H groups in total. The fourth-order valence-electron chi connectivity index (χ4n) is 4.96. The third-order valence-corrected chi connectivity index (χ3v) is 9.35. The molecule has 4 aromatic rings. The number of carbonyl (C=O) groups excluding carboxylic acids is 2. The first kappa shape index (κ1) is 32.5. The van der Waals surface area contributed by atoms with E-state index in [9.17, 15) is 18.0 Å². The van der Waals surface area contributed by atoms with Crippen LogP contribution in [0.1, 0.15) is 41.7 Å². The molecule has 0 aliphatic heterocycles. The number of anilines is 1. The van der Waals surface area contributed by atoms with Crippen molar-refractivity contribution in [2.75, 3.05) is 10.8 Å². The number of carbonyl (C=O) groups is 2. The second-order valence-electron chi connectivity index (χ2n) is 11.5. The van der Waals surface area contributed by atoms with Crippen LogP contribution in [0.3, 0.4) is 0 Å². The number of amides is 2. The quantitative estimate of drug-likeness (QED) is 0.214. The normalized spacial score (nSPS) is 12.0. The van der Waals surface area contributed by atoms with Crippen molar-refractivity contribution in [1.29, 1.82) is 0 Å². The van der Waals surface area contributed by atoms with Crippen LogP contribution < -0.4 is 9.62 Å². The van der Waals surface area contributed by atoms with Crippen LogP contribution >= 0.6 is 0 Å². The van der Waals surface area contributed by atoms with Crippen molar-refractivity contribution < 1.29 is 18.0 Å². The van der Waals surface area contributed by atoms with Crippen LogP contribution in [0.4, 0.5) is 5.69 Å². The summed E-state index contributed by atoms with van der Waals surface area (Å²) < 4.78 is 29.5. The smallest absolute Gasteiger partial charge is 0.264 e. The fourth-order valence-corrected chi connectivity index (χ4v) is 6.37. The summed E-state index contributed by atoms with van der Waals surface area (Å²) in [5.74, 6) is -0.783. The predicted octanol–water partition coefficient (Wildman–Crippen LogP) is 5.97. The Hall–Kier alpha value is -4.43. The second-order valence-corrected chi connectivity index (χ2v) is 13.3. The summed E-state index contributed by atoms with van der Waals surface area (Å²) in [5, 5.41) is 2.98. The molecule has 0 aromatic heterocycles. The van der Waals surface area contributed by atoms with E-state index in [0.717, 1.165) is 32.1 Å². The van der Waals surface area contributed by atoms with Crippen LogP contribution in [-0.4, -0.2) is 43.8 Å². The number of nitrogens with zero attached hydrogens (tertiary/aromatic N) is 2. The molecule has 2 amide bonds. The lowest BCUT2D eigenvalue weighted by molar-refractivity contribution is -0.140. The number of hydrogen-bond donors (Lipinski definition) is 1. The molecule has 0 spiro atoms. The van der Waals surface area contributed by atoms with Crippen LogP contribution in [-0.2, 0) is 32.6 Å². The van der Waals surface area contributed by atoms with Gasteiger partial charge in [0.15, 0.2) is 0 Å². The lowest BCUT2D eigenvalue weighted by Crippen LogP contribution is -2.54. The van der Waals surface area contributed by atoms with E-state index in [4.69, 9.17) is 0 Å². The number of nitrogens with one attached hydrogen (secondary N) is 1. The maximum atomic E-state index is 14.5. The topological polar surface area (TPSA) is 86.8 Å². The molecule has 4 rings (SSSR count). The number of aryl methyl sites for hydroxylation is 3. The molecule has 0 aliphatic rings. The number of sulfonamides is 1. The lowest BCUT2D eigenvalue weighted by atomic mass is 10.0. The third kappa shape index (κ3) is 8.14. The molecule has 0 bridgehead atoms. The van der Waals surface area contributed by atoms with Crippen molar-refractivity contribution in [1.82, 2.24) is 10.2 Å². The maximum absolute atomic E-state index is 14.5. The van der Waals surface area contributed by atoms with Gasteiger partial charge in [-0.2, -0.15) is 0 Å². The highest BCUT2D eigenvalue weighted by molar-refractivity contribution is 7.92. The van der Waals surface area contributed by atoms with Gasteiger partial charge in [0.05, 0.1) is 10.6 Å². The van der Waals surface area contributed by atoms with Crippen LogP contribution in [0.15, 0.2) is 108 Å². The van der Waals surface area contributed by atoms with Gasteiger partial charge in [-0.1, -0.05) is 84.4 Å². The largest absolute Gasteiger partial charge is 0.352 e. The molecule has 0 saturated heterocycles. The van der Waals surface area contributed by atoms with E-state index in [1.807, 2.05) is 101 Å². The molecule has 0 aliphatic carbocycles. The molecular weight excluding hydrogens is 570 g/mol. The molecular formula is C36H41N3O4S. The SMILES string of the molecule is Cc1ccc(S(=O)(=O)N(CC(=O)N(Cc2ccccc2)[C@@H](Cc2ccccc2)C(=O)NC(C)C)c2ccc(C)c(C)c2)cc1. The van der Waals surface area contributed by atoms with Gasteiger partial charge in [-0.15, -0.1) is 0 Å². The summed E-state index contributed by atoms with van der Waals surface area (Å²) in [6.07, 6.45) is 0.270. The van der Waals surface area contributed by atoms with Crippen LogP contribution in [0.5, 0.6) is 0 Å². The average molecular weight is 612 g/mol. The molecule has 0 unspecified atom stereocenters. The summed E-state index contributed by atoms with van der Waals surface area (Å²) in [4.78, 5) is 29.8. The Morgan fingerprint density at radius 3 is 1.91 bits per heavy atom. The van der Waals surface area contributed by atoms with Gasteiger partial charge in [-0.25, -0.2) is 8.42 Å². The summed E-state index contributed by atoms with van der Waals surface area (Å²) in [5.41, 5.74) is 4.93. The van der Waals surface area contributed by atoms with Crippen molar-refractivity contribution in [3.63, 3.8) is 0 Å². The number of benzene rings is 4. The first-order chi connectivity index (χ1) is 21.0. The predicted molar refractivity (Wildman–Crippen MR) is 176 cm³/mol. The zero-order valence-corrected chi connectivity index (χ0v) is 26.8. The van der Waals surface area contributed by atoms with E-state index in [-0.39, 0.29) is 29.8 Å². The molecule has 0 fully saturated rings. The van der Waals surface area contributed by atoms with E-state index in [2.05, 4.69) is 5.32 Å². The Labute approximate surface area is 261 Å². The minimum absolute atomic E-state index is 0.0853. The second kappa shape index (κ2) is 14.4.